The van der Waals surface area contributed by atoms with Crippen LogP contribution in [0, 0.1) is 5.82 Å². The van der Waals surface area contributed by atoms with Crippen LogP contribution in [0.4, 0.5) is 10.1 Å². The summed E-state index contributed by atoms with van der Waals surface area (Å²) >= 11 is 0. The van der Waals surface area contributed by atoms with Gasteiger partial charge in [-0.25, -0.2) is 4.39 Å². The number of aliphatic hydroxyl groups excluding tert-OH is 1. The number of benzene rings is 1. The molecule has 0 spiro atoms. The van der Waals surface area contributed by atoms with E-state index < -0.39 is 17.5 Å². The van der Waals surface area contributed by atoms with Crippen molar-refractivity contribution in [2.24, 2.45) is 0 Å². The predicted octanol–water partition coefficient (Wildman–Crippen LogP) is 2.09. The Hall–Kier alpha value is -1.13. The molecule has 1 rings (SSSR count). The highest BCUT2D eigenvalue weighted by molar-refractivity contribution is 5.49. The van der Waals surface area contributed by atoms with E-state index in [1.54, 1.807) is 44.9 Å². The van der Waals surface area contributed by atoms with Gasteiger partial charge in [0.15, 0.2) is 0 Å². The lowest BCUT2D eigenvalue weighted by Gasteiger charge is -2.27. The minimum absolute atomic E-state index is 0.331. The summed E-state index contributed by atoms with van der Waals surface area (Å²) in [5, 5.41) is 19.0. The van der Waals surface area contributed by atoms with E-state index in [2.05, 4.69) is 0 Å². The first-order chi connectivity index (χ1) is 7.70. The smallest absolute Gasteiger partial charge is 0.146 e. The van der Waals surface area contributed by atoms with Crippen LogP contribution in [0.25, 0.3) is 0 Å². The monoisotopic (exact) mass is 241 g/mol. The standard InChI is InChI=1S/C13H20FNO2/c1-9(16)10-5-6-12(11(14)7-10)15(4)8-13(2,3)17/h5-7,9,16-17H,8H2,1-4H3/t9-/m1/s1. The van der Waals surface area contributed by atoms with Gasteiger partial charge in [0.25, 0.3) is 0 Å². The van der Waals surface area contributed by atoms with Crippen molar-refractivity contribution in [3.63, 3.8) is 0 Å². The fourth-order valence-corrected chi connectivity index (χ4v) is 1.76. The second-order valence-corrected chi connectivity index (χ2v) is 5.06. The Morgan fingerprint density at radius 2 is 2.00 bits per heavy atom. The van der Waals surface area contributed by atoms with E-state index in [0.717, 1.165) is 0 Å². The Kier molecular flexibility index (Phi) is 4.11. The largest absolute Gasteiger partial charge is 0.389 e. The zero-order valence-corrected chi connectivity index (χ0v) is 10.7. The average Bonchev–Trinajstić information content (AvgIpc) is 2.14. The van der Waals surface area contributed by atoms with Gasteiger partial charge in [0.05, 0.1) is 17.4 Å². The maximum Gasteiger partial charge on any atom is 0.146 e. The molecule has 0 aliphatic heterocycles. The number of anilines is 1. The minimum Gasteiger partial charge on any atom is -0.389 e. The molecule has 1 aromatic carbocycles. The maximum absolute atomic E-state index is 13.8. The van der Waals surface area contributed by atoms with Crippen LogP contribution in [0.2, 0.25) is 0 Å². The van der Waals surface area contributed by atoms with Crippen LogP contribution < -0.4 is 4.90 Å². The normalized spacial score (nSPS) is 13.6. The molecule has 0 saturated carbocycles. The fraction of sp³-hybridized carbons (Fsp3) is 0.538. The molecule has 0 heterocycles. The molecule has 0 aliphatic carbocycles. The topological polar surface area (TPSA) is 43.7 Å². The Morgan fingerprint density at radius 1 is 1.41 bits per heavy atom. The van der Waals surface area contributed by atoms with Crippen LogP contribution in [0.5, 0.6) is 0 Å². The first kappa shape index (κ1) is 13.9. The molecule has 0 fully saturated rings. The number of rotatable bonds is 4. The third kappa shape index (κ3) is 3.98. The highest BCUT2D eigenvalue weighted by Crippen LogP contribution is 2.23. The summed E-state index contributed by atoms with van der Waals surface area (Å²) in [5.74, 6) is -0.393. The van der Waals surface area contributed by atoms with Crippen molar-refractivity contribution < 1.29 is 14.6 Å². The van der Waals surface area contributed by atoms with Crippen molar-refractivity contribution >= 4 is 5.69 Å². The van der Waals surface area contributed by atoms with Crippen molar-refractivity contribution in [3.05, 3.63) is 29.6 Å². The van der Waals surface area contributed by atoms with Crippen LogP contribution in [0.1, 0.15) is 32.4 Å². The second-order valence-electron chi connectivity index (χ2n) is 5.06. The predicted molar refractivity (Wildman–Crippen MR) is 66.6 cm³/mol. The van der Waals surface area contributed by atoms with Crippen molar-refractivity contribution in [1.29, 1.82) is 0 Å². The van der Waals surface area contributed by atoms with Crippen LogP contribution in [-0.4, -0.2) is 29.4 Å². The molecule has 0 amide bonds. The van der Waals surface area contributed by atoms with Crippen molar-refractivity contribution in [2.75, 3.05) is 18.5 Å². The van der Waals surface area contributed by atoms with Gasteiger partial charge in [-0.3, -0.25) is 0 Å². The molecule has 2 N–H and O–H groups in total. The van der Waals surface area contributed by atoms with Gasteiger partial charge in [0, 0.05) is 13.6 Å². The van der Waals surface area contributed by atoms with Crippen LogP contribution in [-0.2, 0) is 0 Å². The molecule has 0 saturated heterocycles. The molecular formula is C13H20FNO2. The Balaban J connectivity index is 2.92. The van der Waals surface area contributed by atoms with Gasteiger partial charge in [0.2, 0.25) is 0 Å². The first-order valence-corrected chi connectivity index (χ1v) is 5.62. The van der Waals surface area contributed by atoms with Crippen LogP contribution in [0.3, 0.4) is 0 Å². The molecule has 96 valence electrons. The van der Waals surface area contributed by atoms with Crippen molar-refractivity contribution in [3.8, 4) is 0 Å². The van der Waals surface area contributed by atoms with Gasteiger partial charge in [-0.05, 0) is 38.5 Å². The molecule has 0 radical (unpaired) electrons. The number of hydrogen-bond donors (Lipinski definition) is 2. The SMILES string of the molecule is C[C@@H](O)c1ccc(N(C)CC(C)(C)O)c(F)c1. The maximum atomic E-state index is 13.8. The van der Waals surface area contributed by atoms with E-state index in [-0.39, 0.29) is 0 Å². The van der Waals surface area contributed by atoms with Gasteiger partial charge in [-0.15, -0.1) is 0 Å². The third-order valence-corrected chi connectivity index (χ3v) is 2.49. The number of likely N-dealkylation sites (N-methyl/N-ethyl adjacent to an activating group) is 1. The zero-order chi connectivity index (χ0) is 13.2. The number of nitrogens with zero attached hydrogens (tertiary/aromatic N) is 1. The second kappa shape index (κ2) is 5.02. The lowest BCUT2D eigenvalue weighted by molar-refractivity contribution is 0.0885. The summed E-state index contributed by atoms with van der Waals surface area (Å²) in [5.41, 5.74) is 0.0730. The summed E-state index contributed by atoms with van der Waals surface area (Å²) in [6.07, 6.45) is -0.682. The van der Waals surface area contributed by atoms with E-state index in [0.29, 0.717) is 17.8 Å². The molecule has 1 atom stereocenters. The minimum atomic E-state index is -0.885. The number of hydrogen-bond acceptors (Lipinski definition) is 3. The fourth-order valence-electron chi connectivity index (χ4n) is 1.76. The van der Waals surface area contributed by atoms with Gasteiger partial charge in [-0.1, -0.05) is 6.07 Å². The summed E-state index contributed by atoms with van der Waals surface area (Å²) in [7, 11) is 1.72. The third-order valence-electron chi connectivity index (χ3n) is 2.49. The number of halogens is 1. The summed E-state index contributed by atoms with van der Waals surface area (Å²) < 4.78 is 13.8. The van der Waals surface area contributed by atoms with E-state index >= 15 is 0 Å². The van der Waals surface area contributed by atoms with E-state index in [4.69, 9.17) is 0 Å². The molecule has 4 heteroatoms. The molecule has 0 aliphatic rings. The van der Waals surface area contributed by atoms with Crippen molar-refractivity contribution in [2.45, 2.75) is 32.5 Å². The summed E-state index contributed by atoms with van der Waals surface area (Å²) in [6, 6.07) is 4.62. The molecule has 1 aromatic rings. The molecule has 0 unspecified atom stereocenters. The summed E-state index contributed by atoms with van der Waals surface area (Å²) in [6.45, 7) is 5.27. The quantitative estimate of drug-likeness (QED) is 0.848. The molecule has 17 heavy (non-hydrogen) atoms. The van der Waals surface area contributed by atoms with E-state index in [1.165, 1.54) is 6.07 Å². The van der Waals surface area contributed by atoms with E-state index in [9.17, 15) is 14.6 Å². The van der Waals surface area contributed by atoms with Gasteiger partial charge in [-0.2, -0.15) is 0 Å². The Bertz CT molecular complexity index is 385. The Labute approximate surface area is 101 Å². The molecule has 0 bridgehead atoms. The van der Waals surface area contributed by atoms with Crippen LogP contribution >= 0.6 is 0 Å². The molecular weight excluding hydrogens is 221 g/mol. The van der Waals surface area contributed by atoms with Crippen molar-refractivity contribution in [1.82, 2.24) is 0 Å². The van der Waals surface area contributed by atoms with Crippen LogP contribution in [0.15, 0.2) is 18.2 Å². The van der Waals surface area contributed by atoms with E-state index in [1.807, 2.05) is 0 Å². The lowest BCUT2D eigenvalue weighted by Crippen LogP contribution is -2.36. The Morgan fingerprint density at radius 3 is 2.41 bits per heavy atom. The number of aliphatic hydroxyl groups is 2. The first-order valence-electron chi connectivity index (χ1n) is 5.62. The summed E-state index contributed by atoms with van der Waals surface area (Å²) in [4.78, 5) is 1.65. The highest BCUT2D eigenvalue weighted by atomic mass is 19.1. The van der Waals surface area contributed by atoms with Gasteiger partial charge < -0.3 is 15.1 Å². The van der Waals surface area contributed by atoms with Gasteiger partial charge in [0.1, 0.15) is 5.82 Å². The highest BCUT2D eigenvalue weighted by Gasteiger charge is 2.18. The zero-order valence-electron chi connectivity index (χ0n) is 10.7. The average molecular weight is 241 g/mol. The lowest BCUT2D eigenvalue weighted by atomic mass is 10.1. The molecule has 3 nitrogen and oxygen atoms in total. The van der Waals surface area contributed by atoms with Gasteiger partial charge >= 0.3 is 0 Å². The molecule has 0 aromatic heterocycles.